The average molecular weight is 332 g/mol. The highest BCUT2D eigenvalue weighted by Gasteiger charge is 2.00. The third-order valence-corrected chi connectivity index (χ3v) is 3.24. The van der Waals surface area contributed by atoms with E-state index in [1.807, 2.05) is 33.8 Å². The third kappa shape index (κ3) is 9.51. The molecule has 0 aromatic heterocycles. The molecule has 4 heteroatoms. The van der Waals surface area contributed by atoms with Crippen LogP contribution >= 0.6 is 0 Å². The van der Waals surface area contributed by atoms with Gasteiger partial charge in [-0.2, -0.15) is 0 Å². The van der Waals surface area contributed by atoms with Gasteiger partial charge in [0.1, 0.15) is 11.5 Å². The predicted octanol–water partition coefficient (Wildman–Crippen LogP) is 5.09. The van der Waals surface area contributed by atoms with Crippen molar-refractivity contribution in [2.75, 3.05) is 7.11 Å². The maximum Gasteiger partial charge on any atom is 0.182 e. The summed E-state index contributed by atoms with van der Waals surface area (Å²) in [5.74, 6) is 0.134. The number of aliphatic hydroxyl groups excluding tert-OH is 2. The molecule has 0 bridgehead atoms. The Labute approximate surface area is 144 Å². The predicted molar refractivity (Wildman–Crippen MR) is 98.7 cm³/mol. The van der Waals surface area contributed by atoms with Crippen molar-refractivity contribution in [2.24, 2.45) is 5.92 Å². The fourth-order valence-corrected chi connectivity index (χ4v) is 1.63. The van der Waals surface area contributed by atoms with E-state index in [4.69, 9.17) is 4.74 Å². The van der Waals surface area contributed by atoms with E-state index >= 15 is 0 Å². The summed E-state index contributed by atoms with van der Waals surface area (Å²) in [5.41, 5.74) is 0.993. The van der Waals surface area contributed by atoms with Gasteiger partial charge in [0.25, 0.3) is 0 Å². The summed E-state index contributed by atoms with van der Waals surface area (Å²) >= 11 is 0. The summed E-state index contributed by atoms with van der Waals surface area (Å²) in [4.78, 5) is 11.7. The van der Waals surface area contributed by atoms with Crippen LogP contribution in [0.3, 0.4) is 0 Å². The third-order valence-electron chi connectivity index (χ3n) is 3.24. The summed E-state index contributed by atoms with van der Waals surface area (Å²) in [7, 11) is 1.51. The van der Waals surface area contributed by atoms with Gasteiger partial charge in [-0.15, -0.1) is 0 Å². The van der Waals surface area contributed by atoms with Crippen LogP contribution < -0.4 is 0 Å². The van der Waals surface area contributed by atoms with Crippen molar-refractivity contribution in [1.29, 1.82) is 0 Å². The summed E-state index contributed by atoms with van der Waals surface area (Å²) < 4.78 is 5.04. The van der Waals surface area contributed by atoms with Gasteiger partial charge in [0, 0.05) is 12.5 Å². The zero-order valence-corrected chi connectivity index (χ0v) is 15.1. The molecular formula is C20H28O4. The highest BCUT2D eigenvalue weighted by Crippen LogP contribution is 2.10. The fourth-order valence-electron chi connectivity index (χ4n) is 1.63. The van der Waals surface area contributed by atoms with E-state index in [-0.39, 0.29) is 23.2 Å². The molecule has 0 rings (SSSR count). The monoisotopic (exact) mass is 332 g/mol. The molecule has 0 aliphatic heterocycles. The van der Waals surface area contributed by atoms with Crippen molar-refractivity contribution >= 4 is 5.78 Å². The largest absolute Gasteiger partial charge is 0.508 e. The molecule has 0 saturated carbocycles. The first kappa shape index (κ1) is 21.5. The SMILES string of the molecule is C/C=C(C)/C=C/C(O)=CC(=O)/C=C/C(C)/C=C\C(O)=C(/CC)OC. The number of hydrogen-bond acceptors (Lipinski definition) is 4. The van der Waals surface area contributed by atoms with Crippen molar-refractivity contribution < 1.29 is 19.7 Å². The van der Waals surface area contributed by atoms with Gasteiger partial charge in [-0.1, -0.05) is 43.7 Å². The average Bonchev–Trinajstić information content (AvgIpc) is 2.56. The molecular weight excluding hydrogens is 304 g/mol. The van der Waals surface area contributed by atoms with Gasteiger partial charge in [0.2, 0.25) is 0 Å². The van der Waals surface area contributed by atoms with Crippen molar-refractivity contribution in [3.8, 4) is 0 Å². The van der Waals surface area contributed by atoms with E-state index in [0.717, 1.165) is 11.6 Å². The second-order valence-electron chi connectivity index (χ2n) is 5.28. The number of allylic oxidation sites excluding steroid dienone is 10. The molecule has 0 aromatic rings. The Balaban J connectivity index is 4.76. The topological polar surface area (TPSA) is 66.8 Å². The highest BCUT2D eigenvalue weighted by molar-refractivity contribution is 5.99. The Kier molecular flexibility index (Phi) is 10.8. The number of methoxy groups -OCH3 is 1. The van der Waals surface area contributed by atoms with E-state index in [1.165, 1.54) is 19.3 Å². The number of rotatable bonds is 9. The van der Waals surface area contributed by atoms with E-state index in [1.54, 1.807) is 24.3 Å². The first-order valence-corrected chi connectivity index (χ1v) is 7.92. The van der Waals surface area contributed by atoms with Crippen LogP contribution in [0.2, 0.25) is 0 Å². The standard InChI is InChI=1S/C20H28O4/c1-6-15(3)8-11-17(21)14-18(22)12-9-16(4)10-13-19(23)20(7-2)24-5/h6,8-14,16,21,23H,7H2,1-5H3/b11-8+,12-9+,13-10-,15-6+,17-14?,20-19-. The minimum atomic E-state index is -0.304. The Morgan fingerprint density at radius 1 is 1.12 bits per heavy atom. The maximum absolute atomic E-state index is 11.7. The number of ketones is 1. The normalized spacial score (nSPS) is 16.0. The van der Waals surface area contributed by atoms with E-state index in [2.05, 4.69) is 0 Å². The van der Waals surface area contributed by atoms with Crippen LogP contribution in [0.15, 0.2) is 71.5 Å². The Hall–Kier alpha value is -2.49. The van der Waals surface area contributed by atoms with Gasteiger partial charge in [-0.3, -0.25) is 4.79 Å². The summed E-state index contributed by atoms with van der Waals surface area (Å²) in [5, 5.41) is 19.4. The maximum atomic E-state index is 11.7. The molecule has 2 N–H and O–H groups in total. The summed E-state index contributed by atoms with van der Waals surface area (Å²) in [6, 6.07) is 0. The zero-order chi connectivity index (χ0) is 18.5. The Morgan fingerprint density at radius 3 is 2.29 bits per heavy atom. The van der Waals surface area contributed by atoms with Gasteiger partial charge in [0.15, 0.2) is 11.5 Å². The van der Waals surface area contributed by atoms with Gasteiger partial charge in [0.05, 0.1) is 7.11 Å². The van der Waals surface area contributed by atoms with Crippen molar-refractivity contribution in [1.82, 2.24) is 0 Å². The molecule has 0 saturated heterocycles. The van der Waals surface area contributed by atoms with Crippen LogP contribution in [0.4, 0.5) is 0 Å². The molecule has 0 fully saturated rings. The molecule has 0 aliphatic rings. The number of hydrogen-bond donors (Lipinski definition) is 2. The molecule has 0 amide bonds. The molecule has 24 heavy (non-hydrogen) atoms. The molecule has 1 atom stereocenters. The molecule has 0 spiro atoms. The Morgan fingerprint density at radius 2 is 1.75 bits per heavy atom. The number of carbonyl (C=O) groups excluding carboxylic acids is 1. The first-order valence-electron chi connectivity index (χ1n) is 7.92. The number of ether oxygens (including phenoxy) is 1. The zero-order valence-electron chi connectivity index (χ0n) is 15.1. The molecule has 1 unspecified atom stereocenters. The van der Waals surface area contributed by atoms with Gasteiger partial charge in [-0.05, 0) is 38.0 Å². The van der Waals surface area contributed by atoms with Crippen LogP contribution in [0.25, 0.3) is 0 Å². The lowest BCUT2D eigenvalue weighted by molar-refractivity contribution is -0.110. The molecule has 4 nitrogen and oxygen atoms in total. The molecule has 0 aromatic carbocycles. The lowest BCUT2D eigenvalue weighted by atomic mass is 10.1. The first-order chi connectivity index (χ1) is 11.3. The number of carbonyl (C=O) groups is 1. The lowest BCUT2D eigenvalue weighted by Gasteiger charge is -2.04. The van der Waals surface area contributed by atoms with Crippen LogP contribution in [0.1, 0.15) is 34.1 Å². The highest BCUT2D eigenvalue weighted by atomic mass is 16.5. The Bertz CT molecular complexity index is 581. The van der Waals surface area contributed by atoms with E-state index in [9.17, 15) is 15.0 Å². The van der Waals surface area contributed by atoms with E-state index in [0.29, 0.717) is 12.2 Å². The van der Waals surface area contributed by atoms with Gasteiger partial charge < -0.3 is 14.9 Å². The quantitative estimate of drug-likeness (QED) is 0.350. The minimum Gasteiger partial charge on any atom is -0.508 e. The second kappa shape index (κ2) is 12.0. The fraction of sp³-hybridized carbons (Fsp3) is 0.350. The van der Waals surface area contributed by atoms with Crippen LogP contribution in [0.5, 0.6) is 0 Å². The van der Waals surface area contributed by atoms with Crippen LogP contribution in [0, 0.1) is 5.92 Å². The van der Waals surface area contributed by atoms with Crippen molar-refractivity contribution in [2.45, 2.75) is 34.1 Å². The minimum absolute atomic E-state index is 0.0533. The molecule has 132 valence electrons. The van der Waals surface area contributed by atoms with Crippen LogP contribution in [-0.2, 0) is 9.53 Å². The molecule has 0 aliphatic carbocycles. The smallest absolute Gasteiger partial charge is 0.182 e. The molecule has 0 radical (unpaired) electrons. The van der Waals surface area contributed by atoms with Crippen molar-refractivity contribution in [3.05, 3.63) is 71.5 Å². The van der Waals surface area contributed by atoms with Gasteiger partial charge >= 0.3 is 0 Å². The second-order valence-corrected chi connectivity index (χ2v) is 5.28. The molecule has 0 heterocycles. The van der Waals surface area contributed by atoms with Crippen LogP contribution in [-0.4, -0.2) is 23.1 Å². The lowest BCUT2D eigenvalue weighted by Crippen LogP contribution is -1.93. The number of aliphatic hydroxyl groups is 2. The summed E-state index contributed by atoms with van der Waals surface area (Å²) in [6.45, 7) is 7.56. The van der Waals surface area contributed by atoms with Crippen molar-refractivity contribution in [3.63, 3.8) is 0 Å². The van der Waals surface area contributed by atoms with E-state index < -0.39 is 0 Å². The van der Waals surface area contributed by atoms with Gasteiger partial charge in [-0.25, -0.2) is 0 Å². The summed E-state index contributed by atoms with van der Waals surface area (Å²) in [6.07, 6.45) is 13.2.